The molecule has 0 radical (unpaired) electrons. The molecule has 1 saturated carbocycles. The average Bonchev–Trinajstić information content (AvgIpc) is 3.17. The Morgan fingerprint density at radius 3 is 2.37 bits per heavy atom. The third-order valence-corrected chi connectivity index (χ3v) is 5.73. The highest BCUT2D eigenvalue weighted by atomic mass is 16.7. The standard InChI is InChI=1S/C22H18N2O6/c25-21(23-10-13-1-3-15-18(7-13)28-11-26-15)22(5-6-22)20-9-17(30-24-20)14-2-4-16-19(8-14)29-12-27-16/h1-4,7-9H,5-6,10-12H2,(H,23,25). The molecular formula is C22H18N2O6. The number of aromatic nitrogens is 1. The van der Waals surface area contributed by atoms with Gasteiger partial charge in [0.15, 0.2) is 28.8 Å². The second kappa shape index (κ2) is 6.41. The summed E-state index contributed by atoms with van der Waals surface area (Å²) in [6.07, 6.45) is 1.49. The molecule has 0 saturated heterocycles. The van der Waals surface area contributed by atoms with Crippen molar-refractivity contribution in [2.45, 2.75) is 24.8 Å². The fourth-order valence-corrected chi connectivity index (χ4v) is 3.81. The van der Waals surface area contributed by atoms with Crippen LogP contribution >= 0.6 is 0 Å². The van der Waals surface area contributed by atoms with E-state index in [0.717, 1.165) is 29.7 Å². The molecule has 1 aliphatic carbocycles. The van der Waals surface area contributed by atoms with Crippen LogP contribution < -0.4 is 24.3 Å². The Morgan fingerprint density at radius 1 is 0.900 bits per heavy atom. The van der Waals surface area contributed by atoms with E-state index in [2.05, 4.69) is 10.5 Å². The van der Waals surface area contributed by atoms with Crippen LogP contribution in [0.15, 0.2) is 47.0 Å². The number of carbonyl (C=O) groups is 1. The summed E-state index contributed by atoms with van der Waals surface area (Å²) in [5.41, 5.74) is 1.80. The molecule has 0 spiro atoms. The van der Waals surface area contributed by atoms with Crippen LogP contribution in [0.25, 0.3) is 11.3 Å². The number of nitrogens with zero attached hydrogens (tertiary/aromatic N) is 1. The van der Waals surface area contributed by atoms with Crippen LogP contribution in [0, 0.1) is 0 Å². The average molecular weight is 406 g/mol. The van der Waals surface area contributed by atoms with Gasteiger partial charge >= 0.3 is 0 Å². The number of rotatable bonds is 5. The van der Waals surface area contributed by atoms with Crippen molar-refractivity contribution >= 4 is 5.91 Å². The molecule has 1 N–H and O–H groups in total. The van der Waals surface area contributed by atoms with E-state index in [0.29, 0.717) is 35.2 Å². The zero-order valence-corrected chi connectivity index (χ0v) is 16.0. The van der Waals surface area contributed by atoms with Crippen molar-refractivity contribution in [3.8, 4) is 34.3 Å². The van der Waals surface area contributed by atoms with E-state index in [1.807, 2.05) is 42.5 Å². The van der Waals surface area contributed by atoms with E-state index in [9.17, 15) is 4.79 Å². The van der Waals surface area contributed by atoms with Crippen LogP contribution in [-0.2, 0) is 16.8 Å². The van der Waals surface area contributed by atoms with Gasteiger partial charge in [0.2, 0.25) is 19.5 Å². The Balaban J connectivity index is 1.17. The molecule has 30 heavy (non-hydrogen) atoms. The Morgan fingerprint density at radius 2 is 1.60 bits per heavy atom. The number of hydrogen-bond acceptors (Lipinski definition) is 7. The van der Waals surface area contributed by atoms with Gasteiger partial charge in [-0.2, -0.15) is 0 Å². The second-order valence-electron chi connectivity index (χ2n) is 7.60. The maximum absolute atomic E-state index is 12.9. The fourth-order valence-electron chi connectivity index (χ4n) is 3.81. The molecule has 3 aliphatic rings. The van der Waals surface area contributed by atoms with Gasteiger partial charge in [0.05, 0.1) is 11.1 Å². The van der Waals surface area contributed by atoms with E-state index >= 15 is 0 Å². The highest BCUT2D eigenvalue weighted by Crippen LogP contribution is 2.49. The first kappa shape index (κ1) is 17.2. The normalized spacial score (nSPS) is 17.1. The van der Waals surface area contributed by atoms with Gasteiger partial charge in [-0.15, -0.1) is 0 Å². The number of amides is 1. The lowest BCUT2D eigenvalue weighted by Gasteiger charge is -2.12. The molecule has 2 aromatic carbocycles. The maximum Gasteiger partial charge on any atom is 0.232 e. The number of nitrogens with one attached hydrogen (secondary N) is 1. The van der Waals surface area contributed by atoms with Gasteiger partial charge in [0.1, 0.15) is 0 Å². The lowest BCUT2D eigenvalue weighted by molar-refractivity contribution is -0.123. The Kier molecular flexibility index (Phi) is 3.68. The first-order valence-corrected chi connectivity index (χ1v) is 9.75. The van der Waals surface area contributed by atoms with Gasteiger partial charge in [-0.3, -0.25) is 4.79 Å². The SMILES string of the molecule is O=C(NCc1ccc2c(c1)OCO2)C1(c2cc(-c3ccc4c(c3)OCO4)on2)CC1. The molecule has 3 heterocycles. The molecular weight excluding hydrogens is 388 g/mol. The summed E-state index contributed by atoms with van der Waals surface area (Å²) in [7, 11) is 0. The third-order valence-electron chi connectivity index (χ3n) is 5.73. The lowest BCUT2D eigenvalue weighted by Crippen LogP contribution is -2.34. The van der Waals surface area contributed by atoms with E-state index in [1.54, 1.807) is 0 Å². The van der Waals surface area contributed by atoms with Crippen LogP contribution in [-0.4, -0.2) is 24.6 Å². The second-order valence-corrected chi connectivity index (χ2v) is 7.60. The van der Waals surface area contributed by atoms with E-state index in [-0.39, 0.29) is 19.5 Å². The van der Waals surface area contributed by atoms with Crippen molar-refractivity contribution in [1.82, 2.24) is 10.5 Å². The molecule has 2 aliphatic heterocycles. The fraction of sp³-hybridized carbons (Fsp3) is 0.273. The van der Waals surface area contributed by atoms with Crippen molar-refractivity contribution in [1.29, 1.82) is 0 Å². The van der Waals surface area contributed by atoms with Gasteiger partial charge in [0, 0.05) is 18.2 Å². The van der Waals surface area contributed by atoms with Crippen molar-refractivity contribution in [3.63, 3.8) is 0 Å². The first-order chi connectivity index (χ1) is 14.7. The molecule has 1 fully saturated rings. The molecule has 8 nitrogen and oxygen atoms in total. The zero-order valence-electron chi connectivity index (χ0n) is 16.0. The van der Waals surface area contributed by atoms with Crippen LogP contribution in [0.4, 0.5) is 0 Å². The lowest BCUT2D eigenvalue weighted by atomic mass is 10.00. The van der Waals surface area contributed by atoms with Gasteiger partial charge in [0.25, 0.3) is 0 Å². The van der Waals surface area contributed by atoms with Crippen LogP contribution in [0.3, 0.4) is 0 Å². The summed E-state index contributed by atoms with van der Waals surface area (Å²) in [5, 5.41) is 7.22. The molecule has 1 aromatic heterocycles. The third kappa shape index (κ3) is 2.75. The molecule has 152 valence electrons. The molecule has 1 amide bonds. The van der Waals surface area contributed by atoms with E-state index in [4.69, 9.17) is 23.5 Å². The van der Waals surface area contributed by atoms with E-state index < -0.39 is 5.41 Å². The zero-order chi connectivity index (χ0) is 20.1. The van der Waals surface area contributed by atoms with Crippen LogP contribution in [0.2, 0.25) is 0 Å². The van der Waals surface area contributed by atoms with Crippen molar-refractivity contribution < 1.29 is 28.3 Å². The predicted octanol–water partition coefficient (Wildman–Crippen LogP) is 3.15. The van der Waals surface area contributed by atoms with E-state index in [1.165, 1.54) is 0 Å². The predicted molar refractivity (Wildman–Crippen MR) is 103 cm³/mol. The number of benzene rings is 2. The molecule has 6 rings (SSSR count). The number of carbonyl (C=O) groups excluding carboxylic acids is 1. The Hall–Kier alpha value is -3.68. The molecule has 0 bridgehead atoms. The summed E-state index contributed by atoms with van der Waals surface area (Å²) in [5.74, 6) is 3.35. The minimum atomic E-state index is -0.631. The molecule has 0 atom stereocenters. The van der Waals surface area contributed by atoms with Crippen molar-refractivity contribution in [3.05, 3.63) is 53.7 Å². The van der Waals surface area contributed by atoms with Gasteiger partial charge in [-0.05, 0) is 48.7 Å². The summed E-state index contributed by atoms with van der Waals surface area (Å²) in [4.78, 5) is 12.9. The van der Waals surface area contributed by atoms with Gasteiger partial charge in [-0.25, -0.2) is 0 Å². The quantitative estimate of drug-likeness (QED) is 0.696. The number of hydrogen-bond donors (Lipinski definition) is 1. The number of ether oxygens (including phenoxy) is 4. The minimum absolute atomic E-state index is 0.0503. The minimum Gasteiger partial charge on any atom is -0.454 e. The largest absolute Gasteiger partial charge is 0.454 e. The molecule has 3 aromatic rings. The molecule has 8 heteroatoms. The van der Waals surface area contributed by atoms with Crippen LogP contribution in [0.1, 0.15) is 24.1 Å². The smallest absolute Gasteiger partial charge is 0.232 e. The Bertz CT molecular complexity index is 1150. The monoisotopic (exact) mass is 406 g/mol. The first-order valence-electron chi connectivity index (χ1n) is 9.75. The van der Waals surface area contributed by atoms with Crippen molar-refractivity contribution in [2.24, 2.45) is 0 Å². The van der Waals surface area contributed by atoms with Crippen molar-refractivity contribution in [2.75, 3.05) is 13.6 Å². The highest BCUT2D eigenvalue weighted by molar-refractivity contribution is 5.91. The van der Waals surface area contributed by atoms with Crippen LogP contribution in [0.5, 0.6) is 23.0 Å². The molecule has 0 unspecified atom stereocenters. The Labute approximate surface area is 171 Å². The maximum atomic E-state index is 12.9. The highest BCUT2D eigenvalue weighted by Gasteiger charge is 2.53. The summed E-state index contributed by atoms with van der Waals surface area (Å²) in [6, 6.07) is 13.1. The summed E-state index contributed by atoms with van der Waals surface area (Å²) >= 11 is 0. The summed E-state index contributed by atoms with van der Waals surface area (Å²) < 4.78 is 27.0. The number of fused-ring (bicyclic) bond motifs is 2. The topological polar surface area (TPSA) is 92.1 Å². The van der Waals surface area contributed by atoms with Gasteiger partial charge < -0.3 is 28.8 Å². The summed E-state index contributed by atoms with van der Waals surface area (Å²) in [6.45, 7) is 0.851. The van der Waals surface area contributed by atoms with Gasteiger partial charge in [-0.1, -0.05) is 11.2 Å².